The Morgan fingerprint density at radius 1 is 0.294 bits per heavy atom. The van der Waals surface area contributed by atoms with Crippen LogP contribution in [0.3, 0.4) is 0 Å². The summed E-state index contributed by atoms with van der Waals surface area (Å²) in [5, 5.41) is 7.76. The first kappa shape index (κ1) is 28.4. The number of hydrogen-bond acceptors (Lipinski definition) is 1. The molecule has 0 aliphatic rings. The van der Waals surface area contributed by atoms with Crippen molar-refractivity contribution in [3.63, 3.8) is 0 Å². The fourth-order valence-corrected chi connectivity index (χ4v) is 9.38. The maximum absolute atomic E-state index is 2.46. The summed E-state index contributed by atoms with van der Waals surface area (Å²) in [6, 6.07) is 66.6. The highest BCUT2D eigenvalue weighted by Gasteiger charge is 2.21. The fraction of sp³-hybridized carbons (Fsp3) is 0. The molecule has 0 aliphatic carbocycles. The molecule has 0 saturated heterocycles. The number of hydrogen-bond donors (Lipinski definition) is 0. The van der Waals surface area contributed by atoms with Gasteiger partial charge in [-0.05, 0) is 76.9 Å². The molecule has 0 bridgehead atoms. The number of para-hydroxylation sites is 2. The van der Waals surface area contributed by atoms with Crippen molar-refractivity contribution in [3.05, 3.63) is 182 Å². The molecule has 0 radical (unpaired) electrons. The maximum Gasteiger partial charge on any atom is 0.0548 e. The highest BCUT2D eigenvalue weighted by molar-refractivity contribution is 7.25. The number of nitrogens with zero attached hydrogens (tertiary/aromatic N) is 2. The topological polar surface area (TPSA) is 9.86 Å². The number of rotatable bonds is 4. The Labute approximate surface area is 298 Å². The summed E-state index contributed by atoms with van der Waals surface area (Å²) in [6.07, 6.45) is 0. The van der Waals surface area contributed by atoms with Gasteiger partial charge < -0.3 is 9.13 Å². The van der Waals surface area contributed by atoms with Gasteiger partial charge in [0.25, 0.3) is 0 Å². The molecule has 11 rings (SSSR count). The normalized spacial score (nSPS) is 11.9. The van der Waals surface area contributed by atoms with Crippen LogP contribution in [-0.2, 0) is 0 Å². The van der Waals surface area contributed by atoms with Crippen LogP contribution in [0.4, 0.5) is 0 Å². The zero-order valence-electron chi connectivity index (χ0n) is 27.6. The molecule has 0 amide bonds. The van der Waals surface area contributed by atoms with Gasteiger partial charge >= 0.3 is 0 Å². The van der Waals surface area contributed by atoms with E-state index < -0.39 is 0 Å². The fourth-order valence-electron chi connectivity index (χ4n) is 8.24. The lowest BCUT2D eigenvalue weighted by Gasteiger charge is -2.11. The van der Waals surface area contributed by atoms with Gasteiger partial charge in [0.2, 0.25) is 0 Å². The van der Waals surface area contributed by atoms with Gasteiger partial charge in [-0.1, -0.05) is 127 Å². The minimum Gasteiger partial charge on any atom is -0.309 e. The van der Waals surface area contributed by atoms with Crippen LogP contribution in [0.5, 0.6) is 0 Å². The molecule has 11 aromatic rings. The second-order valence-electron chi connectivity index (χ2n) is 13.3. The van der Waals surface area contributed by atoms with Crippen LogP contribution >= 0.6 is 11.3 Å². The summed E-state index contributed by atoms with van der Waals surface area (Å²) in [5.41, 5.74) is 12.1. The molecule has 0 spiro atoms. The van der Waals surface area contributed by atoms with Gasteiger partial charge in [0.1, 0.15) is 0 Å². The van der Waals surface area contributed by atoms with Gasteiger partial charge in [-0.25, -0.2) is 0 Å². The van der Waals surface area contributed by atoms with E-state index in [4.69, 9.17) is 0 Å². The first-order valence-electron chi connectivity index (χ1n) is 17.4. The zero-order chi connectivity index (χ0) is 33.5. The van der Waals surface area contributed by atoms with Crippen LogP contribution in [0.25, 0.3) is 97.4 Å². The van der Waals surface area contributed by atoms with E-state index in [2.05, 4.69) is 191 Å². The van der Waals surface area contributed by atoms with Crippen molar-refractivity contribution in [2.24, 2.45) is 0 Å². The predicted octanol–water partition coefficient (Wildman–Crippen LogP) is 13.6. The van der Waals surface area contributed by atoms with Crippen LogP contribution in [0, 0.1) is 0 Å². The minimum atomic E-state index is 1.16. The molecule has 0 N–H and O–H groups in total. The monoisotopic (exact) mass is 666 g/mol. The molecule has 0 atom stereocenters. The van der Waals surface area contributed by atoms with Gasteiger partial charge in [0.05, 0.1) is 22.1 Å². The summed E-state index contributed by atoms with van der Waals surface area (Å²) in [6.45, 7) is 0. The molecule has 0 saturated carbocycles. The molecular formula is C48H30N2S. The average molecular weight is 667 g/mol. The predicted molar refractivity (Wildman–Crippen MR) is 219 cm³/mol. The largest absolute Gasteiger partial charge is 0.309 e. The summed E-state index contributed by atoms with van der Waals surface area (Å²) in [5.74, 6) is 0. The van der Waals surface area contributed by atoms with Crippen molar-refractivity contribution in [2.45, 2.75) is 0 Å². The van der Waals surface area contributed by atoms with Crippen LogP contribution in [-0.4, -0.2) is 9.13 Å². The summed E-state index contributed by atoms with van der Waals surface area (Å²) >= 11 is 1.87. The lowest BCUT2D eigenvalue weighted by atomic mass is 10.00. The SMILES string of the molecule is c1ccc(-c2ccc(-c3cccc(-n4c5ccccc5c5c6c7ccccc7n(-c7ccc8c(c7)sc7ccccc78)c6ccc54)c3)cc2)cc1. The molecule has 51 heavy (non-hydrogen) atoms. The zero-order valence-corrected chi connectivity index (χ0v) is 28.4. The Hall–Kier alpha value is -6.42. The Morgan fingerprint density at radius 3 is 1.49 bits per heavy atom. The molecule has 0 fully saturated rings. The molecule has 238 valence electrons. The second kappa shape index (κ2) is 11.0. The first-order chi connectivity index (χ1) is 25.3. The third kappa shape index (κ3) is 4.29. The Bertz CT molecular complexity index is 3120. The van der Waals surface area contributed by atoms with E-state index in [-0.39, 0.29) is 0 Å². The molecule has 3 heteroatoms. The Balaban J connectivity index is 1.12. The van der Waals surface area contributed by atoms with Crippen molar-refractivity contribution in [1.82, 2.24) is 9.13 Å². The molecule has 8 aromatic carbocycles. The maximum atomic E-state index is 2.46. The average Bonchev–Trinajstić information content (AvgIpc) is 3.85. The van der Waals surface area contributed by atoms with E-state index in [0.717, 1.165) is 5.69 Å². The number of benzene rings is 8. The van der Waals surface area contributed by atoms with Crippen molar-refractivity contribution < 1.29 is 0 Å². The van der Waals surface area contributed by atoms with Crippen LogP contribution in [0.2, 0.25) is 0 Å². The van der Waals surface area contributed by atoms with E-state index in [1.807, 2.05) is 11.3 Å². The van der Waals surface area contributed by atoms with Crippen LogP contribution < -0.4 is 0 Å². The highest BCUT2D eigenvalue weighted by atomic mass is 32.1. The van der Waals surface area contributed by atoms with Gasteiger partial charge in [-0.15, -0.1) is 11.3 Å². The van der Waals surface area contributed by atoms with Crippen molar-refractivity contribution in [2.75, 3.05) is 0 Å². The van der Waals surface area contributed by atoms with Crippen LogP contribution in [0.1, 0.15) is 0 Å². The van der Waals surface area contributed by atoms with E-state index in [1.165, 1.54) is 91.7 Å². The third-order valence-electron chi connectivity index (χ3n) is 10.5. The molecule has 3 aromatic heterocycles. The van der Waals surface area contributed by atoms with E-state index in [1.54, 1.807) is 0 Å². The molecule has 0 unspecified atom stereocenters. The smallest absolute Gasteiger partial charge is 0.0548 e. The third-order valence-corrected chi connectivity index (χ3v) is 11.7. The molecular weight excluding hydrogens is 637 g/mol. The lowest BCUT2D eigenvalue weighted by molar-refractivity contribution is 1.17. The Morgan fingerprint density at radius 2 is 0.804 bits per heavy atom. The van der Waals surface area contributed by atoms with Gasteiger partial charge in [-0.3, -0.25) is 0 Å². The van der Waals surface area contributed by atoms with E-state index >= 15 is 0 Å². The quantitative estimate of drug-likeness (QED) is 0.177. The summed E-state index contributed by atoms with van der Waals surface area (Å²) in [4.78, 5) is 0. The number of aromatic nitrogens is 2. The molecule has 2 nitrogen and oxygen atoms in total. The lowest BCUT2D eigenvalue weighted by Crippen LogP contribution is -1.95. The molecule has 3 heterocycles. The standard InChI is InChI=1S/C48H30N2S/c1-2-11-31(12-3-1)32-21-23-33(24-22-32)34-13-10-14-35(29-34)49-41-18-7-4-16-39(41)47-43(49)27-28-44-48(47)40-17-5-8-19-42(40)50(44)36-25-26-38-37-15-6-9-20-45(37)51-46(38)30-36/h1-30H. The first-order valence-corrected chi connectivity index (χ1v) is 18.3. The molecule has 0 aliphatic heterocycles. The minimum absolute atomic E-state index is 1.16. The number of fused-ring (bicyclic) bond motifs is 10. The van der Waals surface area contributed by atoms with E-state index in [0.29, 0.717) is 0 Å². The second-order valence-corrected chi connectivity index (χ2v) is 14.4. The summed E-state index contributed by atoms with van der Waals surface area (Å²) in [7, 11) is 0. The van der Waals surface area contributed by atoms with Crippen molar-refractivity contribution in [1.29, 1.82) is 0 Å². The van der Waals surface area contributed by atoms with Crippen molar-refractivity contribution >= 4 is 75.1 Å². The van der Waals surface area contributed by atoms with Gasteiger partial charge in [0.15, 0.2) is 0 Å². The summed E-state index contributed by atoms with van der Waals surface area (Å²) < 4.78 is 7.54. The number of thiophene rings is 1. The Kier molecular flexibility index (Phi) is 6.16. The highest BCUT2D eigenvalue weighted by Crippen LogP contribution is 2.43. The van der Waals surface area contributed by atoms with Gasteiger partial charge in [0, 0.05) is 53.1 Å². The van der Waals surface area contributed by atoms with Crippen LogP contribution in [0.15, 0.2) is 182 Å². The van der Waals surface area contributed by atoms with Crippen molar-refractivity contribution in [3.8, 4) is 33.6 Å². The van der Waals surface area contributed by atoms with E-state index in [9.17, 15) is 0 Å². The van der Waals surface area contributed by atoms with Gasteiger partial charge in [-0.2, -0.15) is 0 Å².